The molecule has 39 heavy (non-hydrogen) atoms. The molecule has 204 valence electrons. The van der Waals surface area contributed by atoms with Gasteiger partial charge in [0.15, 0.2) is 0 Å². The lowest BCUT2D eigenvalue weighted by molar-refractivity contribution is 0.0924. The van der Waals surface area contributed by atoms with Gasteiger partial charge in [0.25, 0.3) is 11.8 Å². The second-order valence-corrected chi connectivity index (χ2v) is 9.71. The number of aromatic nitrogens is 2. The van der Waals surface area contributed by atoms with Gasteiger partial charge < -0.3 is 35.5 Å². The molecule has 1 atom stereocenters. The number of amides is 2. The summed E-state index contributed by atoms with van der Waals surface area (Å²) in [6.45, 7) is 3.96. The van der Waals surface area contributed by atoms with Crippen molar-refractivity contribution >= 4 is 35.1 Å². The molecule has 0 aliphatic carbocycles. The highest BCUT2D eigenvalue weighted by Gasteiger charge is 2.25. The zero-order valence-corrected chi connectivity index (χ0v) is 22.3. The quantitative estimate of drug-likeness (QED) is 0.346. The number of nitrogens with zero attached hydrogens (tertiary/aromatic N) is 2. The van der Waals surface area contributed by atoms with Crippen LogP contribution in [0, 0.1) is 0 Å². The minimum atomic E-state index is -0.317. The van der Waals surface area contributed by atoms with Gasteiger partial charge in [-0.2, -0.15) is 4.98 Å². The monoisotopic (exact) mass is 552 g/mol. The summed E-state index contributed by atoms with van der Waals surface area (Å²) in [6.07, 6.45) is 3.17. The van der Waals surface area contributed by atoms with E-state index in [0.717, 1.165) is 25.9 Å². The van der Waals surface area contributed by atoms with Gasteiger partial charge in [-0.3, -0.25) is 9.59 Å². The van der Waals surface area contributed by atoms with E-state index in [-0.39, 0.29) is 52.1 Å². The van der Waals surface area contributed by atoms with Crippen LogP contribution in [0.1, 0.15) is 40.5 Å². The fourth-order valence-corrected chi connectivity index (χ4v) is 4.50. The van der Waals surface area contributed by atoms with Crippen LogP contribution in [0.2, 0.25) is 5.02 Å². The van der Waals surface area contributed by atoms with Gasteiger partial charge >= 0.3 is 0 Å². The number of nitrogens with one attached hydrogen (secondary N) is 4. The third-order valence-electron chi connectivity index (χ3n) is 6.38. The number of piperidine rings is 1. The average Bonchev–Trinajstić information content (AvgIpc) is 3.09. The van der Waals surface area contributed by atoms with Crippen LogP contribution < -0.4 is 35.5 Å². The van der Waals surface area contributed by atoms with Crippen molar-refractivity contribution in [1.82, 2.24) is 25.9 Å². The lowest BCUT2D eigenvalue weighted by atomic mass is 10.1. The number of ether oxygens (including phenoxy) is 3. The lowest BCUT2D eigenvalue weighted by Gasteiger charge is -2.23. The summed E-state index contributed by atoms with van der Waals surface area (Å²) < 4.78 is 17.2. The predicted octanol–water partition coefficient (Wildman–Crippen LogP) is 3.67. The molecule has 5 rings (SSSR count). The van der Waals surface area contributed by atoms with Gasteiger partial charge in [0.05, 0.1) is 25.0 Å². The van der Waals surface area contributed by atoms with Crippen molar-refractivity contribution in [3.05, 3.63) is 58.7 Å². The van der Waals surface area contributed by atoms with E-state index >= 15 is 0 Å². The van der Waals surface area contributed by atoms with Crippen molar-refractivity contribution in [3.8, 4) is 23.1 Å². The summed E-state index contributed by atoms with van der Waals surface area (Å²) in [5.41, 5.74) is 1.28. The van der Waals surface area contributed by atoms with Crippen LogP contribution in [0.5, 0.6) is 23.1 Å². The molecule has 2 aliphatic rings. The molecule has 12 heteroatoms. The lowest BCUT2D eigenvalue weighted by Crippen LogP contribution is -2.42. The Bertz CT molecular complexity index is 1380. The number of halogens is 1. The Morgan fingerprint density at radius 3 is 2.79 bits per heavy atom. The van der Waals surface area contributed by atoms with Crippen molar-refractivity contribution in [2.45, 2.75) is 31.8 Å². The van der Waals surface area contributed by atoms with E-state index in [4.69, 9.17) is 25.8 Å². The van der Waals surface area contributed by atoms with E-state index in [9.17, 15) is 9.59 Å². The normalized spacial score (nSPS) is 17.2. The molecule has 2 aromatic carbocycles. The first-order valence-corrected chi connectivity index (χ1v) is 13.0. The Morgan fingerprint density at radius 1 is 1.18 bits per heavy atom. The average molecular weight is 553 g/mol. The first-order chi connectivity index (χ1) is 18.9. The molecule has 11 nitrogen and oxygen atoms in total. The first-order valence-electron chi connectivity index (χ1n) is 12.6. The number of methoxy groups -OCH3 is 1. The molecule has 0 radical (unpaired) electrons. The molecule has 2 aliphatic heterocycles. The van der Waals surface area contributed by atoms with E-state index in [1.165, 1.54) is 13.3 Å². The van der Waals surface area contributed by atoms with E-state index in [1.807, 2.05) is 6.92 Å². The fourth-order valence-electron chi connectivity index (χ4n) is 4.37. The standard InChI is InChI=1S/C27H29ClN6O5/c1-15-14-38-20-4-3-5-21(23(20)25(36)31-15)39-26-18(28)13-30-27(34-26)33-19-7-6-16(12-22(19)37-2)24(35)32-17-8-10-29-11-9-17/h3-7,12-13,15,17,29H,8-11,14H2,1-2H3,(H,31,36)(H,32,35)(H,30,33,34)/t15-/m0/s1. The van der Waals surface area contributed by atoms with Gasteiger partial charge in [-0.1, -0.05) is 17.7 Å². The minimum Gasteiger partial charge on any atom is -0.495 e. The Morgan fingerprint density at radius 2 is 2.00 bits per heavy atom. The highest BCUT2D eigenvalue weighted by Crippen LogP contribution is 2.36. The Labute approximate surface area is 230 Å². The molecule has 1 saturated heterocycles. The molecule has 1 fully saturated rings. The summed E-state index contributed by atoms with van der Waals surface area (Å²) >= 11 is 6.34. The molecular weight excluding hydrogens is 524 g/mol. The Balaban J connectivity index is 1.35. The third kappa shape index (κ3) is 6.15. The maximum atomic E-state index is 12.8. The maximum Gasteiger partial charge on any atom is 0.259 e. The van der Waals surface area contributed by atoms with E-state index in [1.54, 1.807) is 36.4 Å². The molecule has 2 amide bonds. The van der Waals surface area contributed by atoms with Gasteiger partial charge in [-0.25, -0.2) is 4.98 Å². The molecule has 0 spiro atoms. The summed E-state index contributed by atoms with van der Waals surface area (Å²) in [5, 5.41) is 12.5. The smallest absolute Gasteiger partial charge is 0.259 e. The third-order valence-corrected chi connectivity index (χ3v) is 6.64. The van der Waals surface area contributed by atoms with Crippen LogP contribution in [-0.4, -0.2) is 60.7 Å². The molecule has 1 aromatic heterocycles. The molecule has 0 saturated carbocycles. The number of anilines is 2. The number of hydrogen-bond acceptors (Lipinski definition) is 9. The molecule has 3 heterocycles. The van der Waals surface area contributed by atoms with Gasteiger partial charge in [0.1, 0.15) is 34.4 Å². The van der Waals surface area contributed by atoms with Crippen LogP contribution in [0.25, 0.3) is 0 Å². The molecule has 0 bridgehead atoms. The Hall–Kier alpha value is -4.09. The second kappa shape index (κ2) is 11.7. The van der Waals surface area contributed by atoms with Gasteiger partial charge in [0.2, 0.25) is 11.8 Å². The van der Waals surface area contributed by atoms with Crippen molar-refractivity contribution in [2.24, 2.45) is 0 Å². The van der Waals surface area contributed by atoms with Crippen molar-refractivity contribution in [2.75, 3.05) is 32.1 Å². The summed E-state index contributed by atoms with van der Waals surface area (Å²) in [4.78, 5) is 34.2. The van der Waals surface area contributed by atoms with Crippen LogP contribution in [0.3, 0.4) is 0 Å². The molecule has 0 unspecified atom stereocenters. The number of fused-ring (bicyclic) bond motifs is 1. The summed E-state index contributed by atoms with van der Waals surface area (Å²) in [5.74, 6) is 0.836. The van der Waals surface area contributed by atoms with Crippen LogP contribution >= 0.6 is 11.6 Å². The number of rotatable bonds is 7. The van der Waals surface area contributed by atoms with Crippen LogP contribution in [0.4, 0.5) is 11.6 Å². The zero-order chi connectivity index (χ0) is 27.4. The number of carbonyl (C=O) groups excluding carboxylic acids is 2. The van der Waals surface area contributed by atoms with Crippen molar-refractivity contribution in [1.29, 1.82) is 0 Å². The van der Waals surface area contributed by atoms with Crippen molar-refractivity contribution in [3.63, 3.8) is 0 Å². The maximum absolute atomic E-state index is 12.8. The van der Waals surface area contributed by atoms with Crippen LogP contribution in [-0.2, 0) is 0 Å². The van der Waals surface area contributed by atoms with Gasteiger partial charge in [-0.15, -0.1) is 0 Å². The Kier molecular flexibility index (Phi) is 7.99. The van der Waals surface area contributed by atoms with Crippen LogP contribution in [0.15, 0.2) is 42.6 Å². The SMILES string of the molecule is COc1cc(C(=O)NC2CCNCC2)ccc1Nc1ncc(Cl)c(Oc2cccc3c2C(=O)N[C@@H](C)CO3)n1. The summed E-state index contributed by atoms with van der Waals surface area (Å²) in [6, 6.07) is 10.1. The number of benzene rings is 2. The summed E-state index contributed by atoms with van der Waals surface area (Å²) in [7, 11) is 1.52. The first kappa shape index (κ1) is 26.5. The molecule has 3 aromatic rings. The van der Waals surface area contributed by atoms with E-state index in [2.05, 4.69) is 31.2 Å². The largest absolute Gasteiger partial charge is 0.495 e. The number of carbonyl (C=O) groups is 2. The van der Waals surface area contributed by atoms with Gasteiger partial charge in [0, 0.05) is 11.6 Å². The number of hydrogen-bond donors (Lipinski definition) is 4. The molecular formula is C27H29ClN6O5. The van der Waals surface area contributed by atoms with E-state index in [0.29, 0.717) is 29.4 Å². The highest BCUT2D eigenvalue weighted by atomic mass is 35.5. The van der Waals surface area contributed by atoms with E-state index < -0.39 is 0 Å². The molecule has 4 N–H and O–H groups in total. The van der Waals surface area contributed by atoms with Gasteiger partial charge in [-0.05, 0) is 63.2 Å². The minimum absolute atomic E-state index is 0.0459. The van der Waals surface area contributed by atoms with Crippen molar-refractivity contribution < 1.29 is 23.8 Å². The highest BCUT2D eigenvalue weighted by molar-refractivity contribution is 6.31. The fraction of sp³-hybridized carbons (Fsp3) is 0.333. The predicted molar refractivity (Wildman–Crippen MR) is 146 cm³/mol. The zero-order valence-electron chi connectivity index (χ0n) is 21.5. The topological polar surface area (TPSA) is 136 Å². The second-order valence-electron chi connectivity index (χ2n) is 9.30.